The number of allylic oxidation sites excluding steroid dienone is 1. The van der Waals surface area contributed by atoms with Crippen molar-refractivity contribution in [3.8, 4) is 5.75 Å². The van der Waals surface area contributed by atoms with Gasteiger partial charge < -0.3 is 14.6 Å². The van der Waals surface area contributed by atoms with Gasteiger partial charge in [-0.25, -0.2) is 4.98 Å². The molecule has 3 aromatic rings. The van der Waals surface area contributed by atoms with Crippen molar-refractivity contribution in [1.29, 1.82) is 0 Å². The molecule has 152 valence electrons. The number of benzene rings is 1. The number of nitrogens with one attached hydrogen (secondary N) is 1. The van der Waals surface area contributed by atoms with Crippen molar-refractivity contribution in [2.45, 2.75) is 32.4 Å². The Kier molecular flexibility index (Phi) is 5.48. The maximum atomic E-state index is 13.1. The van der Waals surface area contributed by atoms with E-state index in [0.717, 1.165) is 18.5 Å². The summed E-state index contributed by atoms with van der Waals surface area (Å²) in [6.45, 7) is 9.75. The summed E-state index contributed by atoms with van der Waals surface area (Å²) in [7, 11) is 0. The van der Waals surface area contributed by atoms with Crippen molar-refractivity contribution >= 4 is 23.4 Å². The second kappa shape index (κ2) is 8.37. The Labute approximate surface area is 175 Å². The fraction of sp³-hybridized carbons (Fsp3) is 0.208. The van der Waals surface area contributed by atoms with Crippen LogP contribution in [0.25, 0.3) is 11.0 Å². The van der Waals surface area contributed by atoms with Gasteiger partial charge in [-0.3, -0.25) is 9.79 Å². The van der Waals surface area contributed by atoms with Crippen LogP contribution in [0.5, 0.6) is 5.75 Å². The molecule has 1 aromatic carbocycles. The molecular weight excluding hydrogens is 376 g/mol. The molecule has 0 unspecified atom stereocenters. The van der Waals surface area contributed by atoms with Crippen LogP contribution in [0.1, 0.15) is 18.1 Å². The third-order valence-corrected chi connectivity index (χ3v) is 5.29. The smallest absolute Gasteiger partial charge is 0.233 e. The van der Waals surface area contributed by atoms with Crippen molar-refractivity contribution < 1.29 is 4.74 Å². The summed E-state index contributed by atoms with van der Waals surface area (Å²) >= 11 is 0. The van der Waals surface area contributed by atoms with E-state index in [9.17, 15) is 4.79 Å². The molecule has 0 fully saturated rings. The zero-order valence-electron chi connectivity index (χ0n) is 17.0. The first-order valence-electron chi connectivity index (χ1n) is 9.95. The normalized spacial score (nSPS) is 13.8. The molecule has 6 heteroatoms. The minimum atomic E-state index is -0.225. The lowest BCUT2D eigenvalue weighted by molar-refractivity contribution is 0.434. The Morgan fingerprint density at radius 3 is 2.73 bits per heavy atom. The second-order valence-corrected chi connectivity index (χ2v) is 7.24. The fourth-order valence-electron chi connectivity index (χ4n) is 3.87. The molecule has 0 aliphatic heterocycles. The molecule has 0 saturated carbocycles. The number of hydrogen-bond donors (Lipinski definition) is 1. The van der Waals surface area contributed by atoms with E-state index in [-0.39, 0.29) is 17.2 Å². The van der Waals surface area contributed by atoms with Crippen molar-refractivity contribution in [3.05, 3.63) is 88.7 Å². The van der Waals surface area contributed by atoms with E-state index in [1.54, 1.807) is 12.4 Å². The van der Waals surface area contributed by atoms with Crippen LogP contribution < -0.4 is 15.5 Å². The highest BCUT2D eigenvalue weighted by atomic mass is 16.5. The Balaban J connectivity index is 1.68. The minimum absolute atomic E-state index is 0.200. The third-order valence-electron chi connectivity index (χ3n) is 5.29. The summed E-state index contributed by atoms with van der Waals surface area (Å²) in [4.78, 5) is 21.4. The fourth-order valence-corrected chi connectivity index (χ4v) is 3.87. The van der Waals surface area contributed by atoms with Crippen LogP contribution in [0.4, 0.5) is 5.69 Å². The van der Waals surface area contributed by atoms with Gasteiger partial charge in [0.15, 0.2) is 5.75 Å². The predicted molar refractivity (Wildman–Crippen MR) is 121 cm³/mol. The Morgan fingerprint density at radius 1 is 1.37 bits per heavy atom. The predicted octanol–water partition coefficient (Wildman–Crippen LogP) is 4.10. The van der Waals surface area contributed by atoms with E-state index in [1.165, 1.54) is 23.4 Å². The number of aliphatic imine (C=N–C) groups is 1. The van der Waals surface area contributed by atoms with Crippen LogP contribution in [0.2, 0.25) is 0 Å². The van der Waals surface area contributed by atoms with Gasteiger partial charge in [-0.15, -0.1) is 0 Å². The standard InChI is InChI=1S/C24H24N4O2/c1-4-20(14-25-3)30-22-15-28(5-2)24-21(23(22)29)12-19(13-26-24)27-18-10-16-8-6-7-9-17(16)11-18/h4,6-9,12-15,18,27H,1,3,5,10-11H2,2H3/b20-14+. The summed E-state index contributed by atoms with van der Waals surface area (Å²) < 4.78 is 7.62. The Bertz CT molecular complexity index is 1180. The van der Waals surface area contributed by atoms with Gasteiger partial charge in [-0.2, -0.15) is 0 Å². The molecule has 30 heavy (non-hydrogen) atoms. The Morgan fingerprint density at radius 2 is 2.10 bits per heavy atom. The first kappa shape index (κ1) is 19.6. The van der Waals surface area contributed by atoms with Gasteiger partial charge in [-0.1, -0.05) is 30.8 Å². The highest BCUT2D eigenvalue weighted by Gasteiger charge is 2.21. The van der Waals surface area contributed by atoms with Crippen LogP contribution >= 0.6 is 0 Å². The average Bonchev–Trinajstić information content (AvgIpc) is 3.17. The van der Waals surface area contributed by atoms with Crippen LogP contribution in [0, 0.1) is 0 Å². The zero-order chi connectivity index (χ0) is 21.1. The molecule has 4 rings (SSSR count). The first-order valence-corrected chi connectivity index (χ1v) is 9.95. The van der Waals surface area contributed by atoms with Gasteiger partial charge in [0, 0.05) is 12.6 Å². The number of pyridine rings is 2. The molecule has 1 aliphatic carbocycles. The van der Waals surface area contributed by atoms with Crippen molar-refractivity contribution in [1.82, 2.24) is 9.55 Å². The molecule has 0 spiro atoms. The number of anilines is 1. The molecule has 0 radical (unpaired) electrons. The molecule has 6 nitrogen and oxygen atoms in total. The maximum Gasteiger partial charge on any atom is 0.233 e. The molecule has 2 aromatic heterocycles. The Hall–Kier alpha value is -3.67. The number of ether oxygens (including phenoxy) is 1. The lowest BCUT2D eigenvalue weighted by Crippen LogP contribution is -2.20. The molecule has 1 N–H and O–H groups in total. The van der Waals surface area contributed by atoms with E-state index < -0.39 is 0 Å². The van der Waals surface area contributed by atoms with E-state index in [1.807, 2.05) is 17.6 Å². The molecule has 0 amide bonds. The summed E-state index contributed by atoms with van der Waals surface area (Å²) in [5.41, 5.74) is 3.96. The lowest BCUT2D eigenvalue weighted by atomic mass is 10.1. The second-order valence-electron chi connectivity index (χ2n) is 7.24. The van der Waals surface area contributed by atoms with Crippen molar-refractivity contribution in [2.24, 2.45) is 4.99 Å². The van der Waals surface area contributed by atoms with Crippen molar-refractivity contribution in [3.63, 3.8) is 0 Å². The van der Waals surface area contributed by atoms with E-state index in [2.05, 4.69) is 52.9 Å². The number of aryl methyl sites for hydroxylation is 1. The summed E-state index contributed by atoms with van der Waals surface area (Å²) in [6, 6.07) is 10.6. The third kappa shape index (κ3) is 3.76. The van der Waals surface area contributed by atoms with E-state index in [4.69, 9.17) is 4.74 Å². The first-order chi connectivity index (χ1) is 14.6. The molecule has 2 heterocycles. The van der Waals surface area contributed by atoms with Crippen LogP contribution in [-0.2, 0) is 19.4 Å². The highest BCUT2D eigenvalue weighted by Crippen LogP contribution is 2.25. The van der Waals surface area contributed by atoms with Gasteiger partial charge in [-0.05, 0) is 49.8 Å². The summed E-state index contributed by atoms with van der Waals surface area (Å²) in [5, 5.41) is 4.04. The monoisotopic (exact) mass is 400 g/mol. The van der Waals surface area contributed by atoms with Gasteiger partial charge in [0.1, 0.15) is 11.4 Å². The quantitative estimate of drug-likeness (QED) is 0.368. The minimum Gasteiger partial charge on any atom is -0.450 e. The number of rotatable bonds is 7. The van der Waals surface area contributed by atoms with Crippen LogP contribution in [-0.4, -0.2) is 22.3 Å². The number of hydrogen-bond acceptors (Lipinski definition) is 5. The van der Waals surface area contributed by atoms with Crippen molar-refractivity contribution in [2.75, 3.05) is 5.32 Å². The highest BCUT2D eigenvalue weighted by molar-refractivity contribution is 5.80. The molecule has 1 aliphatic rings. The average molecular weight is 400 g/mol. The van der Waals surface area contributed by atoms with Gasteiger partial charge >= 0.3 is 0 Å². The van der Waals surface area contributed by atoms with E-state index >= 15 is 0 Å². The van der Waals surface area contributed by atoms with E-state index in [0.29, 0.717) is 23.3 Å². The van der Waals surface area contributed by atoms with Crippen LogP contribution in [0.15, 0.2) is 77.1 Å². The summed E-state index contributed by atoms with van der Waals surface area (Å²) in [6.07, 6.45) is 8.27. The molecule has 0 bridgehead atoms. The zero-order valence-corrected chi connectivity index (χ0v) is 17.0. The lowest BCUT2D eigenvalue weighted by Gasteiger charge is -2.16. The van der Waals surface area contributed by atoms with Gasteiger partial charge in [0.25, 0.3) is 0 Å². The SMILES string of the molecule is C=C/C(=C\N=C)Oc1cn(CC)c2ncc(NC3Cc4ccccc4C3)cc2c1=O. The topological polar surface area (TPSA) is 68.5 Å². The van der Waals surface area contributed by atoms with Gasteiger partial charge in [0.05, 0.1) is 29.7 Å². The molecule has 0 atom stereocenters. The number of aromatic nitrogens is 2. The number of fused-ring (bicyclic) bond motifs is 2. The summed E-state index contributed by atoms with van der Waals surface area (Å²) in [5.74, 6) is 0.557. The largest absolute Gasteiger partial charge is 0.450 e. The maximum absolute atomic E-state index is 13.1. The van der Waals surface area contributed by atoms with Crippen LogP contribution in [0.3, 0.4) is 0 Å². The number of nitrogens with zero attached hydrogens (tertiary/aromatic N) is 3. The van der Waals surface area contributed by atoms with Gasteiger partial charge in [0.2, 0.25) is 5.43 Å². The molecule has 0 saturated heterocycles. The molecular formula is C24H24N4O2.